The maximum atomic E-state index is 4.81. The lowest BCUT2D eigenvalue weighted by Gasteiger charge is -2.32. The zero-order chi connectivity index (χ0) is 14.8. The van der Waals surface area contributed by atoms with Crippen molar-refractivity contribution in [2.75, 3.05) is 35.6 Å². The molecule has 1 unspecified atom stereocenters. The molecular weight excluding hydrogens is 268 g/mol. The van der Waals surface area contributed by atoms with Gasteiger partial charge in [-0.05, 0) is 6.92 Å². The van der Waals surface area contributed by atoms with Gasteiger partial charge in [0.15, 0.2) is 0 Å². The van der Waals surface area contributed by atoms with Crippen LogP contribution >= 0.6 is 11.8 Å². The summed E-state index contributed by atoms with van der Waals surface area (Å²) in [5, 5.41) is 3.99. The van der Waals surface area contributed by atoms with Crippen LogP contribution < -0.4 is 10.2 Å². The van der Waals surface area contributed by atoms with Gasteiger partial charge >= 0.3 is 0 Å². The average molecular weight is 294 g/mol. The highest BCUT2D eigenvalue weighted by atomic mass is 32.2. The Morgan fingerprint density at radius 3 is 2.75 bits per heavy atom. The van der Waals surface area contributed by atoms with Gasteiger partial charge in [-0.15, -0.1) is 0 Å². The first kappa shape index (κ1) is 15.4. The van der Waals surface area contributed by atoms with E-state index in [0.29, 0.717) is 5.25 Å². The summed E-state index contributed by atoms with van der Waals surface area (Å²) < 4.78 is 0. The number of nitrogens with zero attached hydrogens (tertiary/aromatic N) is 3. The van der Waals surface area contributed by atoms with Crippen molar-refractivity contribution in [3.63, 3.8) is 0 Å². The van der Waals surface area contributed by atoms with Crippen LogP contribution in [-0.2, 0) is 5.41 Å². The third kappa shape index (κ3) is 3.78. The second-order valence-corrected chi connectivity index (χ2v) is 7.89. The molecule has 2 heterocycles. The van der Waals surface area contributed by atoms with Crippen LogP contribution in [0, 0.1) is 0 Å². The fraction of sp³-hybridized carbons (Fsp3) is 0.733. The molecule has 0 amide bonds. The van der Waals surface area contributed by atoms with Gasteiger partial charge in [-0.3, -0.25) is 0 Å². The van der Waals surface area contributed by atoms with Crippen molar-refractivity contribution >= 4 is 23.4 Å². The lowest BCUT2D eigenvalue weighted by atomic mass is 9.96. The highest BCUT2D eigenvalue weighted by molar-refractivity contribution is 8.00. The fourth-order valence-electron chi connectivity index (χ4n) is 2.23. The molecule has 20 heavy (non-hydrogen) atoms. The maximum absolute atomic E-state index is 4.81. The van der Waals surface area contributed by atoms with Crippen LogP contribution in [0.4, 0.5) is 11.6 Å². The number of anilines is 2. The molecule has 112 valence electrons. The van der Waals surface area contributed by atoms with Crippen molar-refractivity contribution in [1.29, 1.82) is 0 Å². The van der Waals surface area contributed by atoms with E-state index in [-0.39, 0.29) is 5.41 Å². The molecule has 1 atom stereocenters. The van der Waals surface area contributed by atoms with Gasteiger partial charge in [0, 0.05) is 42.1 Å². The Bertz CT molecular complexity index is 456. The standard InChI is InChI=1S/C15H26N4S/c1-6-16-12-9-13(18-14(17-12)15(3,4)5)19-7-8-20-11(2)10-19/h9,11H,6-8,10H2,1-5H3,(H,16,17,18). The van der Waals surface area contributed by atoms with Crippen LogP contribution in [0.2, 0.25) is 0 Å². The molecule has 1 aromatic heterocycles. The maximum Gasteiger partial charge on any atom is 0.138 e. The molecule has 1 N–H and O–H groups in total. The second kappa shape index (κ2) is 6.20. The molecule has 0 spiro atoms. The lowest BCUT2D eigenvalue weighted by Crippen LogP contribution is -2.37. The Hall–Kier alpha value is -0.970. The molecule has 0 bridgehead atoms. The molecular formula is C15H26N4S. The number of nitrogens with one attached hydrogen (secondary N) is 1. The fourth-order valence-corrected chi connectivity index (χ4v) is 3.24. The van der Waals surface area contributed by atoms with Crippen molar-refractivity contribution in [3.8, 4) is 0 Å². The minimum atomic E-state index is -0.0314. The largest absolute Gasteiger partial charge is 0.370 e. The third-order valence-corrected chi connectivity index (χ3v) is 4.44. The van der Waals surface area contributed by atoms with Gasteiger partial charge < -0.3 is 10.2 Å². The normalized spacial score (nSPS) is 20.1. The van der Waals surface area contributed by atoms with E-state index >= 15 is 0 Å². The van der Waals surface area contributed by atoms with Crippen LogP contribution in [0.25, 0.3) is 0 Å². The summed E-state index contributed by atoms with van der Waals surface area (Å²) in [5.74, 6) is 4.09. The summed E-state index contributed by atoms with van der Waals surface area (Å²) in [7, 11) is 0. The van der Waals surface area contributed by atoms with E-state index in [4.69, 9.17) is 4.98 Å². The second-order valence-electron chi connectivity index (χ2n) is 6.34. The van der Waals surface area contributed by atoms with Gasteiger partial charge in [0.2, 0.25) is 0 Å². The third-order valence-electron chi connectivity index (χ3n) is 3.31. The van der Waals surface area contributed by atoms with Crippen molar-refractivity contribution in [3.05, 3.63) is 11.9 Å². The zero-order valence-electron chi connectivity index (χ0n) is 13.2. The Labute approximate surface area is 126 Å². The summed E-state index contributed by atoms with van der Waals surface area (Å²) >= 11 is 2.04. The number of hydrogen-bond donors (Lipinski definition) is 1. The summed E-state index contributed by atoms with van der Waals surface area (Å²) in [6, 6.07) is 2.08. The van der Waals surface area contributed by atoms with Gasteiger partial charge in [0.25, 0.3) is 0 Å². The first-order valence-electron chi connectivity index (χ1n) is 7.40. The molecule has 2 rings (SSSR count). The number of rotatable bonds is 3. The number of aromatic nitrogens is 2. The molecule has 1 aliphatic rings. The van der Waals surface area contributed by atoms with Gasteiger partial charge in [0.05, 0.1) is 0 Å². The Balaban J connectivity index is 2.33. The smallest absolute Gasteiger partial charge is 0.138 e. The Morgan fingerprint density at radius 1 is 1.40 bits per heavy atom. The van der Waals surface area contributed by atoms with Crippen LogP contribution in [0.3, 0.4) is 0 Å². The Morgan fingerprint density at radius 2 is 2.15 bits per heavy atom. The topological polar surface area (TPSA) is 41.0 Å². The van der Waals surface area contributed by atoms with Crippen LogP contribution in [0.5, 0.6) is 0 Å². The molecule has 1 saturated heterocycles. The van der Waals surface area contributed by atoms with Crippen molar-refractivity contribution < 1.29 is 0 Å². The van der Waals surface area contributed by atoms with Crippen molar-refractivity contribution in [1.82, 2.24) is 9.97 Å². The molecule has 1 aliphatic heterocycles. The minimum Gasteiger partial charge on any atom is -0.370 e. The predicted octanol–water partition coefficient (Wildman–Crippen LogP) is 3.15. The van der Waals surface area contributed by atoms with E-state index in [0.717, 1.165) is 37.1 Å². The minimum absolute atomic E-state index is 0.0314. The zero-order valence-corrected chi connectivity index (χ0v) is 14.0. The van der Waals surface area contributed by atoms with Crippen molar-refractivity contribution in [2.24, 2.45) is 0 Å². The summed E-state index contributed by atoms with van der Waals surface area (Å²) in [6.45, 7) is 13.9. The average Bonchev–Trinajstić information content (AvgIpc) is 2.38. The van der Waals surface area contributed by atoms with E-state index in [1.54, 1.807) is 0 Å². The summed E-state index contributed by atoms with van der Waals surface area (Å²) in [5.41, 5.74) is -0.0314. The van der Waals surface area contributed by atoms with E-state index in [9.17, 15) is 0 Å². The van der Waals surface area contributed by atoms with Gasteiger partial charge in [-0.1, -0.05) is 27.7 Å². The van der Waals surface area contributed by atoms with Gasteiger partial charge in [-0.25, -0.2) is 9.97 Å². The molecule has 0 aromatic carbocycles. The molecule has 1 fully saturated rings. The first-order chi connectivity index (χ1) is 9.40. The van der Waals surface area contributed by atoms with Gasteiger partial charge in [0.1, 0.15) is 17.5 Å². The van der Waals surface area contributed by atoms with Gasteiger partial charge in [-0.2, -0.15) is 11.8 Å². The van der Waals surface area contributed by atoms with Crippen LogP contribution in [-0.4, -0.2) is 40.6 Å². The van der Waals surface area contributed by atoms with E-state index in [1.165, 1.54) is 5.75 Å². The predicted molar refractivity (Wildman–Crippen MR) is 89.0 cm³/mol. The molecule has 1 aromatic rings. The Kier molecular flexibility index (Phi) is 4.78. The van der Waals surface area contributed by atoms with E-state index in [2.05, 4.69) is 55.9 Å². The lowest BCUT2D eigenvalue weighted by molar-refractivity contribution is 0.544. The van der Waals surface area contributed by atoms with Crippen LogP contribution in [0.15, 0.2) is 6.07 Å². The number of hydrogen-bond acceptors (Lipinski definition) is 5. The SMILES string of the molecule is CCNc1cc(N2CCSC(C)C2)nc(C(C)(C)C)n1. The monoisotopic (exact) mass is 294 g/mol. The quantitative estimate of drug-likeness (QED) is 0.927. The van der Waals surface area contributed by atoms with E-state index < -0.39 is 0 Å². The molecule has 0 aliphatic carbocycles. The first-order valence-corrected chi connectivity index (χ1v) is 8.45. The summed E-state index contributed by atoms with van der Waals surface area (Å²) in [4.78, 5) is 11.9. The molecule has 5 heteroatoms. The van der Waals surface area contributed by atoms with Crippen LogP contribution in [0.1, 0.15) is 40.4 Å². The molecule has 0 saturated carbocycles. The number of thioether (sulfide) groups is 1. The van der Waals surface area contributed by atoms with Crippen molar-refractivity contribution in [2.45, 2.75) is 45.3 Å². The molecule has 4 nitrogen and oxygen atoms in total. The van der Waals surface area contributed by atoms with E-state index in [1.807, 2.05) is 11.8 Å². The summed E-state index contributed by atoms with van der Waals surface area (Å²) in [6.07, 6.45) is 0. The highest BCUT2D eigenvalue weighted by Crippen LogP contribution is 2.27. The highest BCUT2D eigenvalue weighted by Gasteiger charge is 2.23. The molecule has 0 radical (unpaired) electrons.